The molecule has 0 N–H and O–H groups in total. The van der Waals surface area contributed by atoms with Gasteiger partial charge in [-0.3, -0.25) is 4.79 Å². The van der Waals surface area contributed by atoms with E-state index in [4.69, 9.17) is 0 Å². The third-order valence-corrected chi connectivity index (χ3v) is 2.67. The maximum atomic E-state index is 11.6. The number of piperidine rings is 1. The summed E-state index contributed by atoms with van der Waals surface area (Å²) in [6, 6.07) is 0.0101. The first-order chi connectivity index (χ1) is 6.56. The number of carbonyl (C=O) groups excluding carboxylic acids is 2. The molecule has 0 bridgehead atoms. The third kappa shape index (κ3) is 2.25. The number of nitrogens with zero attached hydrogens (tertiary/aromatic N) is 2. The van der Waals surface area contributed by atoms with Crippen molar-refractivity contribution in [2.45, 2.75) is 19.8 Å². The van der Waals surface area contributed by atoms with Gasteiger partial charge in [0.2, 0.25) is 0 Å². The predicted molar refractivity (Wildman–Crippen MR) is 54.1 cm³/mol. The van der Waals surface area contributed by atoms with Gasteiger partial charge in [0.05, 0.1) is 0 Å². The Balaban J connectivity index is 2.58. The Hall–Kier alpha value is -1.06. The molecule has 2 amide bonds. The molecule has 1 aliphatic rings. The van der Waals surface area contributed by atoms with Crippen molar-refractivity contribution in [2.75, 3.05) is 27.2 Å². The second-order valence-corrected chi connectivity index (χ2v) is 3.94. The van der Waals surface area contributed by atoms with E-state index in [2.05, 4.69) is 0 Å². The molecule has 0 aliphatic carbocycles. The molecule has 0 aromatic rings. The number of hydrogen-bond donors (Lipinski definition) is 0. The Bertz CT molecular complexity index is 238. The van der Waals surface area contributed by atoms with E-state index in [1.165, 1.54) is 0 Å². The molecular formula is C10H18N2O2. The summed E-state index contributed by atoms with van der Waals surface area (Å²) >= 11 is 0. The molecule has 0 aromatic heterocycles. The standard InChI is InChI=1S/C10H18N2O2/c1-4-8-7-12(6-5-9(8)13)10(14)11(2)3/h8H,4-7H2,1-3H3. The molecule has 14 heavy (non-hydrogen) atoms. The lowest BCUT2D eigenvalue weighted by Gasteiger charge is -2.33. The van der Waals surface area contributed by atoms with Gasteiger partial charge >= 0.3 is 6.03 Å². The van der Waals surface area contributed by atoms with Crippen LogP contribution in [0.4, 0.5) is 4.79 Å². The van der Waals surface area contributed by atoms with E-state index in [0.29, 0.717) is 25.3 Å². The Morgan fingerprint density at radius 2 is 2.21 bits per heavy atom. The maximum absolute atomic E-state index is 11.6. The highest BCUT2D eigenvalue weighted by Crippen LogP contribution is 2.16. The second kappa shape index (κ2) is 4.44. The molecule has 0 radical (unpaired) electrons. The molecule has 1 rings (SSSR count). The van der Waals surface area contributed by atoms with Crippen molar-refractivity contribution < 1.29 is 9.59 Å². The molecule has 0 aromatic carbocycles. The summed E-state index contributed by atoms with van der Waals surface area (Å²) < 4.78 is 0. The van der Waals surface area contributed by atoms with Crippen molar-refractivity contribution >= 4 is 11.8 Å². The van der Waals surface area contributed by atoms with Gasteiger partial charge in [-0.25, -0.2) is 4.79 Å². The fourth-order valence-corrected chi connectivity index (χ4v) is 1.72. The van der Waals surface area contributed by atoms with Crippen LogP contribution in [-0.4, -0.2) is 48.8 Å². The van der Waals surface area contributed by atoms with Gasteiger partial charge < -0.3 is 9.80 Å². The quantitative estimate of drug-likeness (QED) is 0.630. The highest BCUT2D eigenvalue weighted by molar-refractivity contribution is 5.84. The molecule has 0 saturated carbocycles. The summed E-state index contributed by atoms with van der Waals surface area (Å²) in [7, 11) is 3.47. The average Bonchev–Trinajstić information content (AvgIpc) is 2.17. The zero-order chi connectivity index (χ0) is 10.7. The van der Waals surface area contributed by atoms with Crippen molar-refractivity contribution in [3.05, 3.63) is 0 Å². The van der Waals surface area contributed by atoms with Gasteiger partial charge in [0, 0.05) is 39.5 Å². The molecule has 1 saturated heterocycles. The number of amides is 2. The first kappa shape index (κ1) is 11.0. The highest BCUT2D eigenvalue weighted by Gasteiger charge is 2.28. The zero-order valence-electron chi connectivity index (χ0n) is 9.12. The lowest BCUT2D eigenvalue weighted by molar-refractivity contribution is -0.125. The minimum Gasteiger partial charge on any atom is -0.331 e. The molecule has 4 nitrogen and oxygen atoms in total. The molecule has 1 fully saturated rings. The van der Waals surface area contributed by atoms with Crippen LogP contribution in [0.15, 0.2) is 0 Å². The summed E-state index contributed by atoms with van der Waals surface area (Å²) in [5, 5.41) is 0. The van der Waals surface area contributed by atoms with Gasteiger partial charge in [0.25, 0.3) is 0 Å². The van der Waals surface area contributed by atoms with Crippen LogP contribution < -0.4 is 0 Å². The van der Waals surface area contributed by atoms with Crippen LogP contribution >= 0.6 is 0 Å². The molecule has 80 valence electrons. The van der Waals surface area contributed by atoms with Crippen LogP contribution in [-0.2, 0) is 4.79 Å². The number of Topliss-reactive ketones (excluding diaryl/α,β-unsaturated/α-hetero) is 1. The number of hydrogen-bond acceptors (Lipinski definition) is 2. The molecule has 1 unspecified atom stereocenters. The molecule has 4 heteroatoms. The monoisotopic (exact) mass is 198 g/mol. The molecular weight excluding hydrogens is 180 g/mol. The van der Waals surface area contributed by atoms with Crippen LogP contribution in [0.2, 0.25) is 0 Å². The summed E-state index contributed by atoms with van der Waals surface area (Å²) in [6.07, 6.45) is 1.34. The van der Waals surface area contributed by atoms with Gasteiger partial charge in [-0.1, -0.05) is 6.92 Å². The van der Waals surface area contributed by atoms with Crippen molar-refractivity contribution in [2.24, 2.45) is 5.92 Å². The average molecular weight is 198 g/mol. The number of ketones is 1. The van der Waals surface area contributed by atoms with Gasteiger partial charge in [-0.05, 0) is 6.42 Å². The van der Waals surface area contributed by atoms with E-state index in [0.717, 1.165) is 6.42 Å². The van der Waals surface area contributed by atoms with Crippen molar-refractivity contribution in [3.8, 4) is 0 Å². The van der Waals surface area contributed by atoms with Gasteiger partial charge in [-0.2, -0.15) is 0 Å². The van der Waals surface area contributed by atoms with Crippen molar-refractivity contribution in [3.63, 3.8) is 0 Å². The summed E-state index contributed by atoms with van der Waals surface area (Å²) in [5.41, 5.74) is 0. The lowest BCUT2D eigenvalue weighted by Crippen LogP contribution is -2.47. The first-order valence-electron chi connectivity index (χ1n) is 5.05. The first-order valence-corrected chi connectivity index (χ1v) is 5.05. The SMILES string of the molecule is CCC1CN(C(=O)N(C)C)CCC1=O. The second-order valence-electron chi connectivity index (χ2n) is 3.94. The van der Waals surface area contributed by atoms with Crippen LogP contribution in [0.3, 0.4) is 0 Å². The molecule has 1 atom stereocenters. The molecule has 0 spiro atoms. The Labute approximate surface area is 84.9 Å². The fraction of sp³-hybridized carbons (Fsp3) is 0.800. The minimum atomic E-state index is 0.0101. The Morgan fingerprint density at radius 3 is 2.71 bits per heavy atom. The van der Waals surface area contributed by atoms with Crippen LogP contribution in [0, 0.1) is 5.92 Å². The number of rotatable bonds is 1. The smallest absolute Gasteiger partial charge is 0.319 e. The highest BCUT2D eigenvalue weighted by atomic mass is 16.2. The van der Waals surface area contributed by atoms with E-state index in [-0.39, 0.29) is 11.9 Å². The molecule has 1 heterocycles. The zero-order valence-corrected chi connectivity index (χ0v) is 9.12. The topological polar surface area (TPSA) is 40.6 Å². The molecule has 1 aliphatic heterocycles. The van der Waals surface area contributed by atoms with E-state index in [1.54, 1.807) is 23.9 Å². The van der Waals surface area contributed by atoms with Crippen LogP contribution in [0.25, 0.3) is 0 Å². The summed E-state index contributed by atoms with van der Waals surface area (Å²) in [5.74, 6) is 0.350. The van der Waals surface area contributed by atoms with E-state index < -0.39 is 0 Å². The normalized spacial score (nSPS) is 22.4. The van der Waals surface area contributed by atoms with E-state index in [9.17, 15) is 9.59 Å². The minimum absolute atomic E-state index is 0.0101. The van der Waals surface area contributed by atoms with E-state index >= 15 is 0 Å². The number of carbonyl (C=O) groups is 2. The maximum Gasteiger partial charge on any atom is 0.319 e. The van der Waals surface area contributed by atoms with Gasteiger partial charge in [0.1, 0.15) is 5.78 Å². The number of urea groups is 1. The van der Waals surface area contributed by atoms with Crippen LogP contribution in [0.1, 0.15) is 19.8 Å². The van der Waals surface area contributed by atoms with Crippen molar-refractivity contribution in [1.82, 2.24) is 9.80 Å². The number of likely N-dealkylation sites (tertiary alicyclic amines) is 1. The van der Waals surface area contributed by atoms with E-state index in [1.807, 2.05) is 6.92 Å². The summed E-state index contributed by atoms with van der Waals surface area (Å²) in [4.78, 5) is 26.3. The predicted octanol–water partition coefficient (Wildman–Crippen LogP) is 0.969. The van der Waals surface area contributed by atoms with Crippen molar-refractivity contribution in [1.29, 1.82) is 0 Å². The van der Waals surface area contributed by atoms with Gasteiger partial charge in [-0.15, -0.1) is 0 Å². The third-order valence-electron chi connectivity index (χ3n) is 2.67. The van der Waals surface area contributed by atoms with Gasteiger partial charge in [0.15, 0.2) is 0 Å². The Morgan fingerprint density at radius 1 is 1.57 bits per heavy atom. The Kier molecular flexibility index (Phi) is 3.49. The van der Waals surface area contributed by atoms with Crippen LogP contribution in [0.5, 0.6) is 0 Å². The summed E-state index contributed by atoms with van der Waals surface area (Å²) in [6.45, 7) is 3.16. The lowest BCUT2D eigenvalue weighted by atomic mass is 9.94. The fourth-order valence-electron chi connectivity index (χ4n) is 1.72. The largest absolute Gasteiger partial charge is 0.331 e.